The van der Waals surface area contributed by atoms with E-state index in [0.717, 1.165) is 24.1 Å². The molecule has 0 atom stereocenters. The molecule has 7 nitrogen and oxygen atoms in total. The second kappa shape index (κ2) is 10.4. The van der Waals surface area contributed by atoms with E-state index in [9.17, 15) is 8.42 Å². The third-order valence-electron chi connectivity index (χ3n) is 5.07. The first-order chi connectivity index (χ1) is 14.9. The molecule has 0 radical (unpaired) electrons. The monoisotopic (exact) mass is 559 g/mol. The van der Waals surface area contributed by atoms with Crippen LogP contribution in [0.15, 0.2) is 46.7 Å². The molecule has 1 N–H and O–H groups in total. The van der Waals surface area contributed by atoms with Gasteiger partial charge >= 0.3 is 0 Å². The summed E-state index contributed by atoms with van der Waals surface area (Å²) in [5.74, 6) is 1.09. The molecule has 1 aliphatic rings. The van der Waals surface area contributed by atoms with Gasteiger partial charge in [-0.15, -0.1) is 28.3 Å². The number of benzene rings is 2. The second-order valence-electron chi connectivity index (χ2n) is 6.99. The molecule has 11 heteroatoms. The molecule has 0 unspecified atom stereocenters. The van der Waals surface area contributed by atoms with Gasteiger partial charge in [0.1, 0.15) is 11.5 Å². The van der Waals surface area contributed by atoms with Crippen LogP contribution in [-0.2, 0) is 10.0 Å². The molecule has 2 heterocycles. The van der Waals surface area contributed by atoms with Gasteiger partial charge in [0, 0.05) is 36.2 Å². The third-order valence-corrected chi connectivity index (χ3v) is 8.04. The van der Waals surface area contributed by atoms with Gasteiger partial charge in [-0.25, -0.2) is 13.4 Å². The maximum absolute atomic E-state index is 12.7. The smallest absolute Gasteiger partial charge is 0.243 e. The molecule has 2 aromatic carbocycles. The number of ether oxygens (including phenoxy) is 2. The molecule has 32 heavy (non-hydrogen) atoms. The van der Waals surface area contributed by atoms with Crippen LogP contribution in [0.25, 0.3) is 11.3 Å². The lowest BCUT2D eigenvalue weighted by Crippen LogP contribution is -2.27. The Balaban J connectivity index is 0.00000289. The minimum absolute atomic E-state index is 0. The minimum atomic E-state index is -3.42. The Hall–Kier alpha value is -1.85. The fourth-order valence-electron chi connectivity index (χ4n) is 3.41. The molecule has 0 bridgehead atoms. The van der Waals surface area contributed by atoms with Crippen LogP contribution in [0.5, 0.6) is 11.5 Å². The van der Waals surface area contributed by atoms with Gasteiger partial charge in [-0.3, -0.25) is 0 Å². The van der Waals surface area contributed by atoms with Crippen LogP contribution < -0.4 is 14.8 Å². The number of sulfonamides is 1. The van der Waals surface area contributed by atoms with Crippen molar-refractivity contribution in [3.63, 3.8) is 0 Å². The molecule has 1 aromatic heterocycles. The number of halogens is 2. The number of nitrogens with one attached hydrogen (secondary N) is 1. The van der Waals surface area contributed by atoms with Crippen LogP contribution in [-0.4, -0.2) is 45.0 Å². The van der Waals surface area contributed by atoms with Crippen LogP contribution in [0, 0.1) is 0 Å². The van der Waals surface area contributed by atoms with E-state index in [4.69, 9.17) is 21.1 Å². The number of nitrogens with zero attached hydrogens (tertiary/aromatic N) is 2. The Kier molecular flexibility index (Phi) is 8.05. The number of thiazole rings is 1. The van der Waals surface area contributed by atoms with Gasteiger partial charge in [0.15, 0.2) is 5.13 Å². The van der Waals surface area contributed by atoms with Gasteiger partial charge in [-0.2, -0.15) is 4.31 Å². The van der Waals surface area contributed by atoms with E-state index in [1.807, 2.05) is 5.38 Å². The van der Waals surface area contributed by atoms with Crippen molar-refractivity contribution >= 4 is 60.8 Å². The van der Waals surface area contributed by atoms with Gasteiger partial charge in [0.25, 0.3) is 0 Å². The first kappa shape index (κ1) is 24.8. The Morgan fingerprint density at radius 2 is 1.72 bits per heavy atom. The van der Waals surface area contributed by atoms with Crippen LogP contribution >= 0.6 is 39.9 Å². The van der Waals surface area contributed by atoms with E-state index in [1.54, 1.807) is 54.9 Å². The van der Waals surface area contributed by atoms with Gasteiger partial charge in [-0.05, 0) is 25.0 Å². The average molecular weight is 561 g/mol. The van der Waals surface area contributed by atoms with E-state index >= 15 is 0 Å². The van der Waals surface area contributed by atoms with E-state index in [-0.39, 0.29) is 17.0 Å². The van der Waals surface area contributed by atoms with Crippen molar-refractivity contribution in [3.8, 4) is 22.8 Å². The van der Waals surface area contributed by atoms with Crippen molar-refractivity contribution in [2.75, 3.05) is 32.6 Å². The fraction of sp³-hybridized carbons (Fsp3) is 0.286. The van der Waals surface area contributed by atoms with Crippen molar-refractivity contribution in [2.24, 2.45) is 0 Å². The molecular weight excluding hydrogens is 538 g/mol. The molecule has 1 fully saturated rings. The highest BCUT2D eigenvalue weighted by atomic mass is 79.9. The summed E-state index contributed by atoms with van der Waals surface area (Å²) in [5, 5.41) is 6.25. The maximum atomic E-state index is 12.7. The molecule has 3 aromatic rings. The standard InChI is InChI=1S/C21H22ClN3O4S2.BrH/c1-28-19-12-17(20(29-2)11-16(19)22)23-21-24-18(13-30-21)14-5-7-15(8-6-14)31(26,27)25-9-3-4-10-25;/h5-8,11-13H,3-4,9-10H2,1-2H3,(H,23,24);1H. The van der Waals surface area contributed by atoms with Gasteiger partial charge in [0.2, 0.25) is 10.0 Å². The van der Waals surface area contributed by atoms with E-state index < -0.39 is 10.0 Å². The molecule has 0 amide bonds. The highest BCUT2D eigenvalue weighted by Gasteiger charge is 2.27. The molecule has 0 saturated carbocycles. The molecule has 0 spiro atoms. The normalized spacial score (nSPS) is 14.1. The van der Waals surface area contributed by atoms with Gasteiger partial charge in [0.05, 0.1) is 35.5 Å². The second-order valence-corrected chi connectivity index (χ2v) is 10.2. The van der Waals surface area contributed by atoms with Gasteiger partial charge < -0.3 is 14.8 Å². The summed E-state index contributed by atoms with van der Waals surface area (Å²) in [6.07, 6.45) is 1.83. The average Bonchev–Trinajstić information content (AvgIpc) is 3.47. The Morgan fingerprint density at radius 1 is 1.06 bits per heavy atom. The lowest BCUT2D eigenvalue weighted by atomic mass is 10.2. The van der Waals surface area contributed by atoms with E-state index in [0.29, 0.717) is 45.3 Å². The van der Waals surface area contributed by atoms with Crippen LogP contribution in [0.2, 0.25) is 5.02 Å². The topological polar surface area (TPSA) is 80.8 Å². The lowest BCUT2D eigenvalue weighted by Gasteiger charge is -2.15. The summed E-state index contributed by atoms with van der Waals surface area (Å²) in [5.41, 5.74) is 2.26. The van der Waals surface area contributed by atoms with E-state index in [1.165, 1.54) is 11.3 Å². The summed E-state index contributed by atoms with van der Waals surface area (Å²) < 4.78 is 37.6. The maximum Gasteiger partial charge on any atom is 0.243 e. The first-order valence-corrected chi connectivity index (χ1v) is 12.4. The zero-order valence-corrected chi connectivity index (χ0v) is 21.6. The van der Waals surface area contributed by atoms with Gasteiger partial charge in [-0.1, -0.05) is 23.7 Å². The van der Waals surface area contributed by atoms with Crippen molar-refractivity contribution in [1.29, 1.82) is 0 Å². The largest absolute Gasteiger partial charge is 0.495 e. The molecular formula is C21H23BrClN3O4S2. The predicted octanol–water partition coefficient (Wildman–Crippen LogP) is 5.59. The Labute approximate surface area is 207 Å². The fourth-order valence-corrected chi connectivity index (χ4v) is 5.89. The number of hydrogen-bond acceptors (Lipinski definition) is 7. The number of methoxy groups -OCH3 is 2. The molecule has 4 rings (SSSR count). The summed E-state index contributed by atoms with van der Waals surface area (Å²) in [6.45, 7) is 1.17. The molecule has 1 aliphatic heterocycles. The van der Waals surface area contributed by atoms with Crippen LogP contribution in [0.1, 0.15) is 12.8 Å². The Bertz CT molecular complexity index is 1180. The quantitative estimate of drug-likeness (QED) is 0.406. The summed E-state index contributed by atoms with van der Waals surface area (Å²) in [7, 11) is -0.312. The number of rotatable bonds is 7. The summed E-state index contributed by atoms with van der Waals surface area (Å²) >= 11 is 7.59. The SMILES string of the molecule is Br.COc1cc(Nc2nc(-c3ccc(S(=O)(=O)N4CCCC4)cc3)cs2)c(OC)cc1Cl. The highest BCUT2D eigenvalue weighted by molar-refractivity contribution is 8.93. The predicted molar refractivity (Wildman–Crippen MR) is 134 cm³/mol. The number of aromatic nitrogens is 1. The van der Waals surface area contributed by atoms with Crippen molar-refractivity contribution in [1.82, 2.24) is 9.29 Å². The number of anilines is 2. The number of hydrogen-bond donors (Lipinski definition) is 1. The van der Waals surface area contributed by atoms with Crippen LogP contribution in [0.3, 0.4) is 0 Å². The minimum Gasteiger partial charge on any atom is -0.495 e. The van der Waals surface area contributed by atoms with Crippen LogP contribution in [0.4, 0.5) is 10.8 Å². The molecule has 1 saturated heterocycles. The molecule has 172 valence electrons. The van der Waals surface area contributed by atoms with Crippen molar-refractivity contribution < 1.29 is 17.9 Å². The summed E-state index contributed by atoms with van der Waals surface area (Å²) in [6, 6.07) is 10.3. The van der Waals surface area contributed by atoms with Crippen molar-refractivity contribution in [3.05, 3.63) is 46.8 Å². The first-order valence-electron chi connectivity index (χ1n) is 9.67. The zero-order chi connectivity index (χ0) is 22.0. The molecule has 0 aliphatic carbocycles. The zero-order valence-electron chi connectivity index (χ0n) is 17.5. The van der Waals surface area contributed by atoms with E-state index in [2.05, 4.69) is 10.3 Å². The Morgan fingerprint density at radius 3 is 2.34 bits per heavy atom. The third kappa shape index (κ3) is 5.04. The highest BCUT2D eigenvalue weighted by Crippen LogP contribution is 2.38. The lowest BCUT2D eigenvalue weighted by molar-refractivity contribution is 0.405. The summed E-state index contributed by atoms with van der Waals surface area (Å²) in [4.78, 5) is 4.93. The van der Waals surface area contributed by atoms with Crippen molar-refractivity contribution in [2.45, 2.75) is 17.7 Å².